The molecule has 0 aromatic heterocycles. The predicted octanol–water partition coefficient (Wildman–Crippen LogP) is 4.29. The van der Waals surface area contributed by atoms with Crippen LogP contribution in [-0.4, -0.2) is 76.0 Å². The first kappa shape index (κ1) is 27.1. The fraction of sp³-hybridized carbons (Fsp3) is 0.379. The monoisotopic (exact) mass is 518 g/mol. The van der Waals surface area contributed by atoms with Gasteiger partial charge in [0.15, 0.2) is 0 Å². The second-order valence-electron chi connectivity index (χ2n) is 9.67. The summed E-state index contributed by atoms with van der Waals surface area (Å²) in [5.74, 6) is -0.0301. The lowest BCUT2D eigenvalue weighted by Gasteiger charge is -2.23. The summed E-state index contributed by atoms with van der Waals surface area (Å²) in [5, 5.41) is 21.4. The average Bonchev–Trinajstić information content (AvgIpc) is 3.25. The van der Waals surface area contributed by atoms with Crippen molar-refractivity contribution in [2.45, 2.75) is 45.6 Å². The van der Waals surface area contributed by atoms with Gasteiger partial charge in [0.2, 0.25) is 5.91 Å². The normalized spacial score (nSPS) is 16.7. The number of carboxylic acid groups (broad SMARTS) is 1. The molecule has 200 valence electrons. The molecule has 3 amide bonds. The number of rotatable bonds is 7. The van der Waals surface area contributed by atoms with Crippen molar-refractivity contribution < 1.29 is 24.6 Å². The van der Waals surface area contributed by atoms with Crippen LogP contribution >= 0.6 is 0 Å². The number of nitrogens with zero attached hydrogens (tertiary/aromatic N) is 3. The number of aliphatic hydroxyl groups is 1. The third-order valence-corrected chi connectivity index (χ3v) is 6.69. The van der Waals surface area contributed by atoms with Gasteiger partial charge in [-0.3, -0.25) is 14.9 Å². The van der Waals surface area contributed by atoms with E-state index in [0.29, 0.717) is 49.4 Å². The lowest BCUT2D eigenvalue weighted by molar-refractivity contribution is -0.127. The Labute approximate surface area is 222 Å². The summed E-state index contributed by atoms with van der Waals surface area (Å²) in [7, 11) is 0. The van der Waals surface area contributed by atoms with Crippen molar-refractivity contribution in [2.24, 2.45) is 4.99 Å². The number of benzene rings is 2. The molecule has 1 saturated heterocycles. The van der Waals surface area contributed by atoms with E-state index in [4.69, 9.17) is 0 Å². The first-order valence-electron chi connectivity index (χ1n) is 13.1. The third kappa shape index (κ3) is 6.28. The van der Waals surface area contributed by atoms with Gasteiger partial charge < -0.3 is 20.0 Å². The number of carbonyl (C=O) groups excluding carboxylic acids is 2. The summed E-state index contributed by atoms with van der Waals surface area (Å²) in [4.78, 5) is 45.5. The molecule has 2 aromatic carbocycles. The van der Waals surface area contributed by atoms with E-state index in [1.165, 1.54) is 0 Å². The van der Waals surface area contributed by atoms with Crippen molar-refractivity contribution >= 4 is 35.5 Å². The van der Waals surface area contributed by atoms with E-state index in [-0.39, 0.29) is 24.1 Å². The summed E-state index contributed by atoms with van der Waals surface area (Å²) in [6.07, 6.45) is 2.43. The largest absolute Gasteiger partial charge is 0.465 e. The number of amides is 3. The second-order valence-corrected chi connectivity index (χ2v) is 9.67. The van der Waals surface area contributed by atoms with Crippen LogP contribution in [0.2, 0.25) is 0 Å². The average molecular weight is 519 g/mol. The van der Waals surface area contributed by atoms with Crippen LogP contribution in [0.5, 0.6) is 0 Å². The van der Waals surface area contributed by atoms with Crippen molar-refractivity contribution in [3.05, 3.63) is 59.2 Å². The van der Waals surface area contributed by atoms with E-state index in [9.17, 15) is 24.6 Å². The Morgan fingerprint density at radius 2 is 1.74 bits per heavy atom. The van der Waals surface area contributed by atoms with Gasteiger partial charge in [0.1, 0.15) is 5.84 Å². The third-order valence-electron chi connectivity index (χ3n) is 6.69. The Balaban J connectivity index is 1.64. The minimum Gasteiger partial charge on any atom is -0.465 e. The van der Waals surface area contributed by atoms with Gasteiger partial charge in [0.05, 0.1) is 11.8 Å². The first-order valence-corrected chi connectivity index (χ1v) is 13.1. The zero-order valence-electron chi connectivity index (χ0n) is 21.8. The van der Waals surface area contributed by atoms with Crippen molar-refractivity contribution in [1.82, 2.24) is 15.1 Å². The molecular formula is C29H34N4O5. The molecule has 3 N–H and O–H groups in total. The molecule has 2 heterocycles. The first-order chi connectivity index (χ1) is 18.3. The van der Waals surface area contributed by atoms with E-state index in [1.807, 2.05) is 44.2 Å². The quantitative estimate of drug-likeness (QED) is 0.505. The molecule has 0 saturated carbocycles. The van der Waals surface area contributed by atoms with Gasteiger partial charge in [0.25, 0.3) is 5.91 Å². The predicted molar refractivity (Wildman–Crippen MR) is 146 cm³/mol. The summed E-state index contributed by atoms with van der Waals surface area (Å²) in [5.41, 5.74) is 4.04. The van der Waals surface area contributed by atoms with Gasteiger partial charge in [-0.25, -0.2) is 9.79 Å². The van der Waals surface area contributed by atoms with Gasteiger partial charge in [-0.1, -0.05) is 38.1 Å². The van der Waals surface area contributed by atoms with Crippen molar-refractivity contribution in [2.75, 3.05) is 26.2 Å². The lowest BCUT2D eigenvalue weighted by atomic mass is 9.99. The molecule has 0 radical (unpaired) electrons. The molecule has 0 bridgehead atoms. The van der Waals surface area contributed by atoms with E-state index < -0.39 is 12.2 Å². The highest BCUT2D eigenvalue weighted by Crippen LogP contribution is 2.32. The number of fused-ring (bicyclic) bond motifs is 1. The van der Waals surface area contributed by atoms with Crippen molar-refractivity contribution in [1.29, 1.82) is 0 Å². The van der Waals surface area contributed by atoms with Crippen LogP contribution in [0.15, 0.2) is 53.0 Å². The van der Waals surface area contributed by atoms with Crippen LogP contribution in [0.4, 0.5) is 10.5 Å². The summed E-state index contributed by atoms with van der Waals surface area (Å²) in [6, 6.07) is 12.9. The number of aliphatic hydroxyl groups excluding tert-OH is 1. The number of β-amino-alcohol motifs (C(OH)–C–C–N with tert-alkyl or cyclic N) is 1. The standard InChI is InChI=1S/C29H34N4O5/c1-3-12-32(13-4-2)28(36)23-15-22-10-9-21(16-25(22)30-26(17-23)31-29(37)38)19-5-7-20(8-6-19)27(35)33-14-11-24(34)18-33/h5-10,15-16,24,34H,3-4,11-14,17-18H2,1-2H3,(H,30,31)(H,37,38)/t24-/m1/s1. The Bertz CT molecular complexity index is 1260. The highest BCUT2D eigenvalue weighted by molar-refractivity contribution is 6.08. The van der Waals surface area contributed by atoms with Gasteiger partial charge in [0, 0.05) is 49.3 Å². The molecule has 2 aliphatic rings. The van der Waals surface area contributed by atoms with Crippen LogP contribution in [-0.2, 0) is 4.79 Å². The Morgan fingerprint density at radius 3 is 2.34 bits per heavy atom. The van der Waals surface area contributed by atoms with Crippen molar-refractivity contribution in [3.63, 3.8) is 0 Å². The van der Waals surface area contributed by atoms with E-state index in [1.54, 1.807) is 28.0 Å². The molecule has 1 atom stereocenters. The molecular weight excluding hydrogens is 484 g/mol. The topological polar surface area (TPSA) is 123 Å². The van der Waals surface area contributed by atoms with Crippen LogP contribution in [0.3, 0.4) is 0 Å². The maximum absolute atomic E-state index is 13.3. The van der Waals surface area contributed by atoms with E-state index >= 15 is 0 Å². The molecule has 0 unspecified atom stereocenters. The Kier molecular flexibility index (Phi) is 8.58. The number of likely N-dealkylation sites (tertiary alicyclic amines) is 1. The van der Waals surface area contributed by atoms with Crippen LogP contribution in [0.25, 0.3) is 17.2 Å². The molecule has 2 aliphatic heterocycles. The number of hydrogen-bond donors (Lipinski definition) is 3. The zero-order valence-corrected chi connectivity index (χ0v) is 21.8. The van der Waals surface area contributed by atoms with Gasteiger partial charge in [-0.2, -0.15) is 0 Å². The number of carbonyl (C=O) groups is 3. The van der Waals surface area contributed by atoms with Crippen molar-refractivity contribution in [3.8, 4) is 11.1 Å². The molecule has 0 spiro atoms. The maximum Gasteiger partial charge on any atom is 0.410 e. The smallest absolute Gasteiger partial charge is 0.410 e. The van der Waals surface area contributed by atoms with Gasteiger partial charge >= 0.3 is 6.09 Å². The summed E-state index contributed by atoms with van der Waals surface area (Å²) >= 11 is 0. The zero-order chi connectivity index (χ0) is 27.2. The Morgan fingerprint density at radius 1 is 1.05 bits per heavy atom. The Hall–Kier alpha value is -3.98. The van der Waals surface area contributed by atoms with E-state index in [0.717, 1.165) is 29.5 Å². The molecule has 4 rings (SSSR count). The molecule has 0 aliphatic carbocycles. The molecule has 1 fully saturated rings. The van der Waals surface area contributed by atoms with Crippen LogP contribution < -0.4 is 5.32 Å². The number of nitrogens with one attached hydrogen (secondary N) is 1. The molecule has 38 heavy (non-hydrogen) atoms. The highest BCUT2D eigenvalue weighted by atomic mass is 16.4. The lowest BCUT2D eigenvalue weighted by Crippen LogP contribution is -2.36. The van der Waals surface area contributed by atoms with Crippen LogP contribution in [0, 0.1) is 0 Å². The maximum atomic E-state index is 13.3. The number of aliphatic imine (C=N–C) groups is 1. The SMILES string of the molecule is CCCN(CCC)C(=O)C1=Cc2ccc(-c3ccc(C(=O)N4CC[C@@H](O)C4)cc3)cc2N=C(NC(=O)O)C1. The minimum absolute atomic E-state index is 0.0844. The highest BCUT2D eigenvalue weighted by Gasteiger charge is 2.26. The minimum atomic E-state index is -1.24. The van der Waals surface area contributed by atoms with E-state index in [2.05, 4.69) is 10.3 Å². The molecule has 9 heteroatoms. The summed E-state index contributed by atoms with van der Waals surface area (Å²) < 4.78 is 0. The number of hydrogen-bond acceptors (Lipinski definition) is 5. The van der Waals surface area contributed by atoms with Crippen LogP contribution in [0.1, 0.15) is 55.5 Å². The molecule has 9 nitrogen and oxygen atoms in total. The summed E-state index contributed by atoms with van der Waals surface area (Å²) in [6.45, 7) is 6.20. The van der Waals surface area contributed by atoms with Gasteiger partial charge in [-0.15, -0.1) is 0 Å². The fourth-order valence-corrected chi connectivity index (χ4v) is 4.85. The fourth-order valence-electron chi connectivity index (χ4n) is 4.85. The second kappa shape index (κ2) is 12.0. The number of amidine groups is 1. The molecule has 2 aromatic rings. The van der Waals surface area contributed by atoms with Gasteiger partial charge in [-0.05, 0) is 54.7 Å².